The van der Waals surface area contributed by atoms with Crippen LogP contribution in [0.1, 0.15) is 43.4 Å². The summed E-state index contributed by atoms with van der Waals surface area (Å²) in [7, 11) is 3.04. The molecule has 2 atom stereocenters. The van der Waals surface area contributed by atoms with Crippen molar-refractivity contribution in [2.45, 2.75) is 48.8 Å². The van der Waals surface area contributed by atoms with Gasteiger partial charge in [0.2, 0.25) is 0 Å². The lowest BCUT2D eigenvalue weighted by Crippen LogP contribution is -2.52. The van der Waals surface area contributed by atoms with E-state index in [9.17, 15) is 18.0 Å². The third-order valence-electron chi connectivity index (χ3n) is 5.38. The van der Waals surface area contributed by atoms with Crippen molar-refractivity contribution < 1.29 is 27.4 Å². The zero-order valence-corrected chi connectivity index (χ0v) is 18.5. The van der Waals surface area contributed by atoms with Gasteiger partial charge in [-0.15, -0.1) is 11.8 Å². The van der Waals surface area contributed by atoms with Crippen LogP contribution in [0.3, 0.4) is 0 Å². The molecule has 0 spiro atoms. The van der Waals surface area contributed by atoms with E-state index in [1.807, 2.05) is 30.3 Å². The summed E-state index contributed by atoms with van der Waals surface area (Å²) in [6.07, 6.45) is -5.52. The van der Waals surface area contributed by atoms with Crippen LogP contribution in [0.25, 0.3) is 0 Å². The van der Waals surface area contributed by atoms with E-state index in [2.05, 4.69) is 5.32 Å². The zero-order chi connectivity index (χ0) is 22.6. The summed E-state index contributed by atoms with van der Waals surface area (Å²) in [6.45, 7) is 1.67. The SMILES string of the molecule is CCC(=O)C[C@@]1(CC(F)(F)F)CSc2cc(OC)c(OC)cc2[C@H](c2ccccc2)N1. The summed E-state index contributed by atoms with van der Waals surface area (Å²) in [6, 6.07) is 12.3. The summed E-state index contributed by atoms with van der Waals surface area (Å²) in [5.41, 5.74) is 0.173. The van der Waals surface area contributed by atoms with Gasteiger partial charge in [-0.3, -0.25) is 10.1 Å². The maximum absolute atomic E-state index is 13.7. The highest BCUT2D eigenvalue weighted by Gasteiger charge is 2.46. The van der Waals surface area contributed by atoms with Crippen molar-refractivity contribution in [2.75, 3.05) is 20.0 Å². The number of carbonyl (C=O) groups excluding carboxylic acids is 1. The number of halogens is 3. The van der Waals surface area contributed by atoms with Crippen LogP contribution in [-0.2, 0) is 4.79 Å². The molecule has 2 aromatic rings. The third kappa shape index (κ3) is 5.54. The molecule has 31 heavy (non-hydrogen) atoms. The number of nitrogens with one attached hydrogen (secondary N) is 1. The van der Waals surface area contributed by atoms with Crippen molar-refractivity contribution >= 4 is 17.5 Å². The van der Waals surface area contributed by atoms with Gasteiger partial charge in [0.25, 0.3) is 0 Å². The van der Waals surface area contributed by atoms with Crippen molar-refractivity contribution in [3.05, 3.63) is 53.6 Å². The molecule has 2 aromatic carbocycles. The molecule has 0 radical (unpaired) electrons. The zero-order valence-electron chi connectivity index (χ0n) is 17.7. The van der Waals surface area contributed by atoms with E-state index in [1.54, 1.807) is 19.1 Å². The first-order valence-electron chi connectivity index (χ1n) is 10.00. The normalized spacial score (nSPS) is 21.2. The van der Waals surface area contributed by atoms with Gasteiger partial charge in [-0.1, -0.05) is 37.3 Å². The molecule has 0 saturated heterocycles. The fourth-order valence-corrected chi connectivity index (χ4v) is 5.18. The topological polar surface area (TPSA) is 47.6 Å². The Labute approximate surface area is 184 Å². The van der Waals surface area contributed by atoms with Gasteiger partial charge in [-0.05, 0) is 23.3 Å². The standard InChI is InChI=1S/C23H26F3NO3S/c1-4-16(28)12-22(13-23(24,25)26)14-31-20-11-19(30-3)18(29-2)10-17(20)21(27-22)15-8-6-5-7-9-15/h5-11,21,27H,4,12-14H2,1-3H3/t21-,22+/m0/s1. The predicted octanol–water partition coefficient (Wildman–Crippen LogP) is 5.55. The van der Waals surface area contributed by atoms with E-state index in [1.165, 1.54) is 26.0 Å². The van der Waals surface area contributed by atoms with Crippen LogP contribution >= 0.6 is 11.8 Å². The minimum atomic E-state index is -4.42. The maximum Gasteiger partial charge on any atom is 0.390 e. The molecule has 4 nitrogen and oxygen atoms in total. The first kappa shape index (κ1) is 23.5. The number of alkyl halides is 3. The van der Waals surface area contributed by atoms with Crippen LogP contribution in [0.2, 0.25) is 0 Å². The summed E-state index contributed by atoms with van der Waals surface area (Å²) >= 11 is 1.31. The second-order valence-electron chi connectivity index (χ2n) is 7.66. The molecule has 3 rings (SSSR count). The van der Waals surface area contributed by atoms with Gasteiger partial charge in [0.15, 0.2) is 11.5 Å². The lowest BCUT2D eigenvalue weighted by molar-refractivity contribution is -0.151. The number of methoxy groups -OCH3 is 2. The lowest BCUT2D eigenvalue weighted by Gasteiger charge is -2.37. The molecule has 1 aliphatic heterocycles. The maximum atomic E-state index is 13.7. The van der Waals surface area contributed by atoms with Crippen LogP contribution in [0, 0.1) is 0 Å². The first-order chi connectivity index (χ1) is 14.7. The average molecular weight is 454 g/mol. The number of rotatable bonds is 7. The molecular formula is C23H26F3NO3S. The summed E-state index contributed by atoms with van der Waals surface area (Å²) in [4.78, 5) is 13.1. The number of hydrogen-bond acceptors (Lipinski definition) is 5. The van der Waals surface area contributed by atoms with Crippen LogP contribution in [0.5, 0.6) is 11.5 Å². The Morgan fingerprint density at radius 2 is 1.81 bits per heavy atom. The van der Waals surface area contributed by atoms with Gasteiger partial charge < -0.3 is 9.47 Å². The Kier molecular flexibility index (Phi) is 7.21. The van der Waals surface area contributed by atoms with E-state index in [0.29, 0.717) is 11.5 Å². The Hall–Kier alpha value is -2.19. The second-order valence-corrected chi connectivity index (χ2v) is 8.68. The number of ether oxygens (including phenoxy) is 2. The van der Waals surface area contributed by atoms with E-state index in [0.717, 1.165) is 16.0 Å². The minimum absolute atomic E-state index is 0.101. The Bertz CT molecular complexity index is 920. The van der Waals surface area contributed by atoms with Gasteiger partial charge in [-0.2, -0.15) is 13.2 Å². The lowest BCUT2D eigenvalue weighted by atomic mass is 9.86. The minimum Gasteiger partial charge on any atom is -0.493 e. The number of thioether (sulfide) groups is 1. The van der Waals surface area contributed by atoms with E-state index < -0.39 is 24.2 Å². The van der Waals surface area contributed by atoms with Crippen LogP contribution in [0.4, 0.5) is 13.2 Å². The Balaban J connectivity index is 2.16. The van der Waals surface area contributed by atoms with Gasteiger partial charge in [0.05, 0.1) is 26.7 Å². The van der Waals surface area contributed by atoms with Crippen molar-refractivity contribution in [3.63, 3.8) is 0 Å². The van der Waals surface area contributed by atoms with E-state index >= 15 is 0 Å². The van der Waals surface area contributed by atoms with Crippen LogP contribution < -0.4 is 14.8 Å². The predicted molar refractivity (Wildman–Crippen MR) is 115 cm³/mol. The summed E-state index contributed by atoms with van der Waals surface area (Å²) < 4.78 is 51.9. The molecule has 0 bridgehead atoms. The Morgan fingerprint density at radius 3 is 2.39 bits per heavy atom. The molecule has 1 aliphatic rings. The highest BCUT2D eigenvalue weighted by atomic mass is 32.2. The average Bonchev–Trinajstić information content (AvgIpc) is 2.89. The van der Waals surface area contributed by atoms with Crippen LogP contribution in [-0.4, -0.2) is 37.5 Å². The van der Waals surface area contributed by atoms with Gasteiger partial charge in [-0.25, -0.2) is 0 Å². The Morgan fingerprint density at radius 1 is 1.16 bits per heavy atom. The van der Waals surface area contributed by atoms with Gasteiger partial charge in [0.1, 0.15) is 5.78 Å². The number of fused-ring (bicyclic) bond motifs is 1. The smallest absolute Gasteiger partial charge is 0.390 e. The second kappa shape index (κ2) is 9.53. The summed E-state index contributed by atoms with van der Waals surface area (Å²) in [5.74, 6) is 0.903. The fourth-order valence-electron chi connectivity index (χ4n) is 3.93. The molecule has 1 N–H and O–H groups in total. The van der Waals surface area contributed by atoms with Crippen molar-refractivity contribution in [2.24, 2.45) is 0 Å². The monoisotopic (exact) mass is 453 g/mol. The quantitative estimate of drug-likeness (QED) is 0.596. The number of benzene rings is 2. The van der Waals surface area contributed by atoms with E-state index in [4.69, 9.17) is 9.47 Å². The molecule has 1 heterocycles. The molecule has 0 unspecified atom stereocenters. The molecule has 0 saturated carbocycles. The van der Waals surface area contributed by atoms with Crippen molar-refractivity contribution in [1.82, 2.24) is 5.32 Å². The molecule has 0 fully saturated rings. The molecule has 0 amide bonds. The number of Topliss-reactive ketones (excluding diaryl/α,β-unsaturated/α-hetero) is 1. The molecule has 168 valence electrons. The van der Waals surface area contributed by atoms with E-state index in [-0.39, 0.29) is 24.4 Å². The molecular weight excluding hydrogens is 427 g/mol. The highest BCUT2D eigenvalue weighted by Crippen LogP contribution is 2.46. The summed E-state index contributed by atoms with van der Waals surface area (Å²) in [5, 5.41) is 3.25. The first-order valence-corrected chi connectivity index (χ1v) is 11.0. The number of hydrogen-bond donors (Lipinski definition) is 1. The van der Waals surface area contributed by atoms with Crippen LogP contribution in [0.15, 0.2) is 47.4 Å². The van der Waals surface area contributed by atoms with Crippen molar-refractivity contribution in [1.29, 1.82) is 0 Å². The largest absolute Gasteiger partial charge is 0.493 e. The third-order valence-corrected chi connectivity index (χ3v) is 6.74. The van der Waals surface area contributed by atoms with Gasteiger partial charge in [0, 0.05) is 29.0 Å². The number of ketones is 1. The molecule has 0 aliphatic carbocycles. The molecule has 8 heteroatoms. The number of carbonyl (C=O) groups is 1. The highest BCUT2D eigenvalue weighted by molar-refractivity contribution is 7.99. The molecule has 0 aromatic heterocycles. The fraction of sp³-hybridized carbons (Fsp3) is 0.435. The van der Waals surface area contributed by atoms with Gasteiger partial charge >= 0.3 is 6.18 Å². The van der Waals surface area contributed by atoms with Crippen molar-refractivity contribution in [3.8, 4) is 11.5 Å².